The topological polar surface area (TPSA) is 98.7 Å². The van der Waals surface area contributed by atoms with Crippen LogP contribution in [-0.2, 0) is 11.2 Å². The molecule has 0 aliphatic heterocycles. The Balaban J connectivity index is 1.62. The van der Waals surface area contributed by atoms with Gasteiger partial charge in [0.1, 0.15) is 5.69 Å². The van der Waals surface area contributed by atoms with E-state index in [4.69, 9.17) is 0 Å². The second-order valence-corrected chi connectivity index (χ2v) is 6.45. The predicted molar refractivity (Wildman–Crippen MR) is 102 cm³/mol. The number of hydrogen-bond acceptors (Lipinski definition) is 5. The number of nitrogens with zero attached hydrogens (tertiary/aromatic N) is 6. The van der Waals surface area contributed by atoms with Crippen LogP contribution in [0, 0.1) is 6.92 Å². The van der Waals surface area contributed by atoms with Crippen molar-refractivity contribution in [3.8, 4) is 16.9 Å². The van der Waals surface area contributed by atoms with E-state index in [1.54, 1.807) is 41.6 Å². The molecular weight excluding hydrogens is 356 g/mol. The number of carboxylic acids is 1. The van der Waals surface area contributed by atoms with E-state index in [9.17, 15) is 9.90 Å². The first kappa shape index (κ1) is 17.6. The Kier molecular flexibility index (Phi) is 4.67. The van der Waals surface area contributed by atoms with E-state index < -0.39 is 12.0 Å². The average molecular weight is 374 g/mol. The number of carbonyl (C=O) groups is 1. The Morgan fingerprint density at radius 3 is 2.68 bits per heavy atom. The van der Waals surface area contributed by atoms with Crippen LogP contribution in [0.2, 0.25) is 0 Å². The molecule has 0 aliphatic carbocycles. The summed E-state index contributed by atoms with van der Waals surface area (Å²) in [6.45, 7) is 1.98. The molecule has 0 amide bonds. The lowest BCUT2D eigenvalue weighted by Gasteiger charge is -2.12. The molecule has 0 radical (unpaired) electrons. The summed E-state index contributed by atoms with van der Waals surface area (Å²) in [5.74, 6) is -0.959. The zero-order valence-electron chi connectivity index (χ0n) is 15.2. The zero-order chi connectivity index (χ0) is 19.5. The van der Waals surface area contributed by atoms with Crippen LogP contribution in [0.15, 0.2) is 67.4 Å². The van der Waals surface area contributed by atoms with Crippen LogP contribution >= 0.6 is 0 Å². The van der Waals surface area contributed by atoms with Crippen LogP contribution in [0.5, 0.6) is 0 Å². The molecule has 1 aromatic carbocycles. The summed E-state index contributed by atoms with van der Waals surface area (Å²) < 4.78 is 3.18. The van der Waals surface area contributed by atoms with Gasteiger partial charge in [0, 0.05) is 36.8 Å². The van der Waals surface area contributed by atoms with Crippen molar-refractivity contribution < 1.29 is 9.90 Å². The first-order chi connectivity index (χ1) is 13.6. The molecule has 0 saturated heterocycles. The molecule has 3 aromatic heterocycles. The lowest BCUT2D eigenvalue weighted by atomic mass is 10.1. The number of carboxylic acid groups (broad SMARTS) is 1. The van der Waals surface area contributed by atoms with Gasteiger partial charge in [-0.2, -0.15) is 5.10 Å². The third kappa shape index (κ3) is 3.52. The Morgan fingerprint density at radius 2 is 2.00 bits per heavy atom. The van der Waals surface area contributed by atoms with Crippen LogP contribution in [0.3, 0.4) is 0 Å². The number of hydrogen-bond donors (Lipinski definition) is 1. The summed E-state index contributed by atoms with van der Waals surface area (Å²) in [4.78, 5) is 15.7. The minimum Gasteiger partial charge on any atom is -0.480 e. The van der Waals surface area contributed by atoms with Gasteiger partial charge in [-0.25, -0.2) is 14.2 Å². The number of pyridine rings is 1. The molecule has 8 nitrogen and oxygen atoms in total. The third-order valence-corrected chi connectivity index (χ3v) is 4.55. The lowest BCUT2D eigenvalue weighted by Crippen LogP contribution is -2.22. The standard InChI is InChI=1S/C20H18N6O2/c1-14-11-16(25-10-2-7-22-25)3-4-17(14)18-13-26(24-23-18)19(20(27)28)12-15-5-8-21-9-6-15/h2-11,13,19H,12H2,1H3,(H,27,28)/t19-/m0/s1. The SMILES string of the molecule is Cc1cc(-n2cccn2)ccc1-c1cn([C@@H](Cc2ccncc2)C(=O)O)nn1. The highest BCUT2D eigenvalue weighted by Crippen LogP contribution is 2.25. The molecule has 4 rings (SSSR count). The molecule has 0 unspecified atom stereocenters. The Bertz CT molecular complexity index is 1090. The quantitative estimate of drug-likeness (QED) is 0.557. The van der Waals surface area contributed by atoms with Crippen molar-refractivity contribution in [2.45, 2.75) is 19.4 Å². The van der Waals surface area contributed by atoms with E-state index in [0.29, 0.717) is 12.1 Å². The van der Waals surface area contributed by atoms with Gasteiger partial charge in [0.05, 0.1) is 11.9 Å². The molecule has 0 bridgehead atoms. The van der Waals surface area contributed by atoms with Crippen LogP contribution in [0.4, 0.5) is 0 Å². The molecule has 0 spiro atoms. The van der Waals surface area contributed by atoms with Crippen molar-refractivity contribution in [2.24, 2.45) is 0 Å². The average Bonchev–Trinajstić information content (AvgIpc) is 3.39. The molecule has 3 heterocycles. The van der Waals surface area contributed by atoms with Crippen molar-refractivity contribution in [1.29, 1.82) is 0 Å². The molecule has 4 aromatic rings. The monoisotopic (exact) mass is 374 g/mol. The maximum atomic E-state index is 11.8. The molecule has 0 fully saturated rings. The van der Waals surface area contributed by atoms with Crippen molar-refractivity contribution in [2.75, 3.05) is 0 Å². The molecule has 0 aliphatic rings. The molecular formula is C20H18N6O2. The van der Waals surface area contributed by atoms with E-state index >= 15 is 0 Å². The highest BCUT2D eigenvalue weighted by molar-refractivity contribution is 5.72. The van der Waals surface area contributed by atoms with E-state index in [1.807, 2.05) is 37.4 Å². The van der Waals surface area contributed by atoms with Gasteiger partial charge in [-0.15, -0.1) is 5.10 Å². The van der Waals surface area contributed by atoms with Crippen LogP contribution in [0.1, 0.15) is 17.2 Å². The molecule has 1 N–H and O–H groups in total. The lowest BCUT2D eigenvalue weighted by molar-refractivity contribution is -0.141. The normalized spacial score (nSPS) is 12.0. The highest BCUT2D eigenvalue weighted by atomic mass is 16.4. The molecule has 140 valence electrons. The van der Waals surface area contributed by atoms with Gasteiger partial charge in [-0.05, 0) is 48.4 Å². The molecule has 28 heavy (non-hydrogen) atoms. The zero-order valence-corrected chi connectivity index (χ0v) is 15.2. The number of aromatic nitrogens is 6. The summed E-state index contributed by atoms with van der Waals surface area (Å²) in [6, 6.07) is 10.5. The van der Waals surface area contributed by atoms with Crippen molar-refractivity contribution in [1.82, 2.24) is 29.8 Å². The first-order valence-electron chi connectivity index (χ1n) is 8.76. The van der Waals surface area contributed by atoms with Crippen molar-refractivity contribution >= 4 is 5.97 Å². The van der Waals surface area contributed by atoms with Crippen LogP contribution in [-0.4, -0.2) is 40.8 Å². The number of benzene rings is 1. The summed E-state index contributed by atoms with van der Waals surface area (Å²) in [6.07, 6.45) is 8.87. The maximum Gasteiger partial charge on any atom is 0.328 e. The minimum absolute atomic E-state index is 0.303. The third-order valence-electron chi connectivity index (χ3n) is 4.55. The summed E-state index contributed by atoms with van der Waals surface area (Å²) in [7, 11) is 0. The predicted octanol–water partition coefficient (Wildman–Crippen LogP) is 2.70. The van der Waals surface area contributed by atoms with Crippen molar-refractivity contribution in [3.63, 3.8) is 0 Å². The van der Waals surface area contributed by atoms with E-state index in [2.05, 4.69) is 20.4 Å². The molecule has 0 saturated carbocycles. The van der Waals surface area contributed by atoms with Gasteiger partial charge in [0.25, 0.3) is 0 Å². The second kappa shape index (κ2) is 7.43. The van der Waals surface area contributed by atoms with Crippen LogP contribution < -0.4 is 0 Å². The number of aliphatic carboxylic acids is 1. The fourth-order valence-corrected chi connectivity index (χ4v) is 3.09. The molecule has 1 atom stereocenters. The summed E-state index contributed by atoms with van der Waals surface area (Å²) in [5.41, 5.74) is 4.35. The van der Waals surface area contributed by atoms with Gasteiger partial charge < -0.3 is 5.11 Å². The fraction of sp³-hybridized carbons (Fsp3) is 0.150. The smallest absolute Gasteiger partial charge is 0.328 e. The Morgan fingerprint density at radius 1 is 1.18 bits per heavy atom. The van der Waals surface area contributed by atoms with E-state index in [0.717, 1.165) is 22.4 Å². The molecule has 8 heteroatoms. The summed E-state index contributed by atoms with van der Waals surface area (Å²) >= 11 is 0. The second-order valence-electron chi connectivity index (χ2n) is 6.45. The van der Waals surface area contributed by atoms with E-state index in [-0.39, 0.29) is 0 Å². The van der Waals surface area contributed by atoms with Gasteiger partial charge in [0.15, 0.2) is 6.04 Å². The van der Waals surface area contributed by atoms with Crippen LogP contribution in [0.25, 0.3) is 16.9 Å². The maximum absolute atomic E-state index is 11.8. The summed E-state index contributed by atoms with van der Waals surface area (Å²) in [5, 5.41) is 22.2. The minimum atomic E-state index is -0.959. The number of rotatable bonds is 6. The van der Waals surface area contributed by atoms with Crippen molar-refractivity contribution in [3.05, 3.63) is 78.5 Å². The Labute approximate surface area is 161 Å². The first-order valence-corrected chi connectivity index (χ1v) is 8.76. The van der Waals surface area contributed by atoms with E-state index in [1.165, 1.54) is 4.68 Å². The largest absolute Gasteiger partial charge is 0.480 e. The van der Waals surface area contributed by atoms with Gasteiger partial charge >= 0.3 is 5.97 Å². The van der Waals surface area contributed by atoms with Gasteiger partial charge in [0.2, 0.25) is 0 Å². The number of aryl methyl sites for hydroxylation is 1. The highest BCUT2D eigenvalue weighted by Gasteiger charge is 2.22. The van der Waals surface area contributed by atoms with Gasteiger partial charge in [-0.1, -0.05) is 11.3 Å². The van der Waals surface area contributed by atoms with Gasteiger partial charge in [-0.3, -0.25) is 4.98 Å². The fourth-order valence-electron chi connectivity index (χ4n) is 3.09. The Hall–Kier alpha value is -3.81.